The van der Waals surface area contributed by atoms with Gasteiger partial charge in [0.1, 0.15) is 0 Å². The van der Waals surface area contributed by atoms with E-state index in [4.69, 9.17) is 5.73 Å². The van der Waals surface area contributed by atoms with Gasteiger partial charge in [-0.15, -0.1) is 12.4 Å². The molecule has 0 radical (unpaired) electrons. The number of sulfonamides is 1. The summed E-state index contributed by atoms with van der Waals surface area (Å²) in [6.07, 6.45) is 3.07. The lowest BCUT2D eigenvalue weighted by atomic mass is 9.90. The normalized spacial score (nSPS) is 31.4. The van der Waals surface area contributed by atoms with Crippen molar-refractivity contribution < 1.29 is 8.42 Å². The van der Waals surface area contributed by atoms with Gasteiger partial charge in [-0.1, -0.05) is 6.92 Å². The lowest BCUT2D eigenvalue weighted by molar-refractivity contribution is 0.349. The minimum atomic E-state index is -3.00. The maximum Gasteiger partial charge on any atom is 0.214 e. The number of rotatable bonds is 4. The van der Waals surface area contributed by atoms with E-state index < -0.39 is 10.0 Å². The molecular formula is C10H21ClN2O2S. The van der Waals surface area contributed by atoms with Crippen molar-refractivity contribution >= 4 is 22.4 Å². The Bertz CT molecular complexity index is 343. The maximum absolute atomic E-state index is 12.0. The average Bonchev–Trinajstić information content (AvgIpc) is 2.86. The van der Waals surface area contributed by atoms with Crippen LogP contribution in [0.2, 0.25) is 0 Å². The Morgan fingerprint density at radius 3 is 2.50 bits per heavy atom. The monoisotopic (exact) mass is 268 g/mol. The van der Waals surface area contributed by atoms with Crippen molar-refractivity contribution in [2.75, 3.05) is 25.4 Å². The first-order valence-corrected chi connectivity index (χ1v) is 7.24. The highest BCUT2D eigenvalue weighted by molar-refractivity contribution is 7.89. The Labute approximate surface area is 104 Å². The van der Waals surface area contributed by atoms with Gasteiger partial charge in [0, 0.05) is 13.1 Å². The largest absolute Gasteiger partial charge is 0.330 e. The number of nitrogens with zero attached hydrogens (tertiary/aromatic N) is 1. The third-order valence-corrected chi connectivity index (χ3v) is 5.54. The van der Waals surface area contributed by atoms with Crippen LogP contribution < -0.4 is 5.73 Å². The third kappa shape index (κ3) is 3.09. The quantitative estimate of drug-likeness (QED) is 0.821. The van der Waals surface area contributed by atoms with Crippen LogP contribution in [0.3, 0.4) is 0 Å². The molecule has 1 unspecified atom stereocenters. The number of nitrogens with two attached hydrogens (primary N) is 1. The molecule has 0 amide bonds. The van der Waals surface area contributed by atoms with Gasteiger partial charge < -0.3 is 5.73 Å². The summed E-state index contributed by atoms with van der Waals surface area (Å²) in [5.41, 5.74) is 5.66. The summed E-state index contributed by atoms with van der Waals surface area (Å²) in [6, 6.07) is 0. The second kappa shape index (κ2) is 4.80. The van der Waals surface area contributed by atoms with E-state index in [1.807, 2.05) is 0 Å². The number of hydrogen-bond acceptors (Lipinski definition) is 3. The van der Waals surface area contributed by atoms with Gasteiger partial charge in [-0.25, -0.2) is 12.7 Å². The predicted octanol–water partition coefficient (Wildman–Crippen LogP) is 0.819. The zero-order valence-electron chi connectivity index (χ0n) is 9.68. The van der Waals surface area contributed by atoms with Crippen LogP contribution in [-0.4, -0.2) is 38.1 Å². The summed E-state index contributed by atoms with van der Waals surface area (Å²) < 4.78 is 25.6. The molecule has 1 saturated carbocycles. The van der Waals surface area contributed by atoms with Gasteiger partial charge in [0.2, 0.25) is 10.0 Å². The van der Waals surface area contributed by atoms with Crippen LogP contribution in [0.25, 0.3) is 0 Å². The van der Waals surface area contributed by atoms with Gasteiger partial charge in [-0.3, -0.25) is 0 Å². The van der Waals surface area contributed by atoms with Gasteiger partial charge in [-0.2, -0.15) is 0 Å². The first-order chi connectivity index (χ1) is 6.95. The summed E-state index contributed by atoms with van der Waals surface area (Å²) in [6.45, 7) is 3.91. The Morgan fingerprint density at radius 1 is 1.44 bits per heavy atom. The van der Waals surface area contributed by atoms with Gasteiger partial charge in [0.05, 0.1) is 5.75 Å². The zero-order chi connectivity index (χ0) is 11.1. The van der Waals surface area contributed by atoms with Crippen molar-refractivity contribution in [3.05, 3.63) is 0 Å². The minimum absolute atomic E-state index is 0. The molecule has 2 aliphatic rings. The molecule has 1 atom stereocenters. The Balaban J connectivity index is 0.00000128. The summed E-state index contributed by atoms with van der Waals surface area (Å²) in [4.78, 5) is 0. The molecule has 96 valence electrons. The lowest BCUT2D eigenvalue weighted by Gasteiger charge is -2.22. The molecule has 2 fully saturated rings. The van der Waals surface area contributed by atoms with Crippen molar-refractivity contribution in [2.24, 2.45) is 17.1 Å². The molecule has 1 aliphatic carbocycles. The van der Waals surface area contributed by atoms with E-state index in [0.29, 0.717) is 31.3 Å². The average molecular weight is 269 g/mol. The van der Waals surface area contributed by atoms with Crippen LogP contribution in [0, 0.1) is 11.3 Å². The molecule has 16 heavy (non-hydrogen) atoms. The number of halogens is 1. The highest BCUT2D eigenvalue weighted by Crippen LogP contribution is 2.35. The zero-order valence-corrected chi connectivity index (χ0v) is 11.3. The van der Waals surface area contributed by atoms with E-state index in [9.17, 15) is 8.42 Å². The minimum Gasteiger partial charge on any atom is -0.330 e. The molecular weight excluding hydrogens is 248 g/mol. The first kappa shape index (κ1) is 14.2. The topological polar surface area (TPSA) is 63.4 Å². The molecule has 1 saturated heterocycles. The van der Waals surface area contributed by atoms with Crippen molar-refractivity contribution in [3.63, 3.8) is 0 Å². The van der Waals surface area contributed by atoms with Crippen LogP contribution in [0.4, 0.5) is 0 Å². The van der Waals surface area contributed by atoms with E-state index in [2.05, 4.69) is 6.92 Å². The fourth-order valence-corrected chi connectivity index (χ4v) is 4.09. The third-order valence-electron chi connectivity index (χ3n) is 3.55. The van der Waals surface area contributed by atoms with Gasteiger partial charge in [0.25, 0.3) is 0 Å². The molecule has 1 heterocycles. The van der Waals surface area contributed by atoms with Gasteiger partial charge in [0.15, 0.2) is 0 Å². The second-order valence-corrected chi connectivity index (χ2v) is 7.33. The van der Waals surface area contributed by atoms with Crippen molar-refractivity contribution in [2.45, 2.75) is 26.2 Å². The highest BCUT2D eigenvalue weighted by atomic mass is 35.5. The smallest absolute Gasteiger partial charge is 0.214 e. The Hall–Kier alpha value is 0.160. The van der Waals surface area contributed by atoms with Crippen molar-refractivity contribution in [1.82, 2.24) is 4.31 Å². The van der Waals surface area contributed by atoms with Gasteiger partial charge >= 0.3 is 0 Å². The number of hydrogen-bond donors (Lipinski definition) is 1. The Morgan fingerprint density at radius 2 is 2.06 bits per heavy atom. The first-order valence-electron chi connectivity index (χ1n) is 5.63. The molecule has 1 aliphatic heterocycles. The molecule has 0 aromatic heterocycles. The standard InChI is InChI=1S/C10H20N2O2S.ClH/c1-10(7-11)4-5-12(8-10)15(13,14)6-9-2-3-9;/h9H,2-8,11H2,1H3;1H. The van der Waals surface area contributed by atoms with E-state index in [1.165, 1.54) is 0 Å². The highest BCUT2D eigenvalue weighted by Gasteiger charge is 2.40. The lowest BCUT2D eigenvalue weighted by Crippen LogP contribution is -2.36. The molecule has 2 rings (SSSR count). The van der Waals surface area contributed by atoms with Crippen molar-refractivity contribution in [3.8, 4) is 0 Å². The van der Waals surface area contributed by atoms with E-state index >= 15 is 0 Å². The van der Waals surface area contributed by atoms with E-state index in [0.717, 1.165) is 19.3 Å². The molecule has 0 aromatic carbocycles. The summed E-state index contributed by atoms with van der Waals surface area (Å²) in [5, 5.41) is 0. The Kier molecular flexibility index (Phi) is 4.27. The van der Waals surface area contributed by atoms with E-state index in [1.54, 1.807) is 4.31 Å². The molecule has 2 N–H and O–H groups in total. The fraction of sp³-hybridized carbons (Fsp3) is 1.00. The molecule has 6 heteroatoms. The van der Waals surface area contributed by atoms with Crippen LogP contribution in [0.5, 0.6) is 0 Å². The fourth-order valence-electron chi connectivity index (χ4n) is 2.07. The second-order valence-electron chi connectivity index (χ2n) is 5.32. The van der Waals surface area contributed by atoms with Gasteiger partial charge in [-0.05, 0) is 37.1 Å². The molecule has 0 aromatic rings. The van der Waals surface area contributed by atoms with Crippen LogP contribution >= 0.6 is 12.4 Å². The van der Waals surface area contributed by atoms with Crippen molar-refractivity contribution in [1.29, 1.82) is 0 Å². The summed E-state index contributed by atoms with van der Waals surface area (Å²) in [7, 11) is -3.00. The predicted molar refractivity (Wildman–Crippen MR) is 67.1 cm³/mol. The molecule has 0 bridgehead atoms. The molecule has 4 nitrogen and oxygen atoms in total. The van der Waals surface area contributed by atoms with Crippen LogP contribution in [-0.2, 0) is 10.0 Å². The van der Waals surface area contributed by atoms with E-state index in [-0.39, 0.29) is 17.8 Å². The maximum atomic E-state index is 12.0. The molecule has 0 spiro atoms. The SMILES string of the molecule is CC1(CN)CCN(S(=O)(=O)CC2CC2)C1.Cl. The summed E-state index contributed by atoms with van der Waals surface area (Å²) >= 11 is 0. The van der Waals surface area contributed by atoms with Crippen LogP contribution in [0.1, 0.15) is 26.2 Å². The summed E-state index contributed by atoms with van der Waals surface area (Å²) in [5.74, 6) is 0.785. The van der Waals surface area contributed by atoms with Crippen LogP contribution in [0.15, 0.2) is 0 Å².